The van der Waals surface area contributed by atoms with Gasteiger partial charge in [-0.25, -0.2) is 4.98 Å². The zero-order valence-electron chi connectivity index (χ0n) is 16.8. The Kier molecular flexibility index (Phi) is 5.78. The van der Waals surface area contributed by atoms with E-state index in [2.05, 4.69) is 24.1 Å². The molecule has 3 rings (SSSR count). The molecule has 3 aromatic rings. The van der Waals surface area contributed by atoms with Crippen molar-refractivity contribution in [1.82, 2.24) is 9.55 Å². The van der Waals surface area contributed by atoms with E-state index in [1.165, 1.54) is 5.56 Å². The quantitative estimate of drug-likeness (QED) is 0.711. The van der Waals surface area contributed by atoms with Crippen molar-refractivity contribution in [3.63, 3.8) is 0 Å². The second kappa shape index (κ2) is 8.25. The van der Waals surface area contributed by atoms with Crippen molar-refractivity contribution >= 4 is 28.4 Å². The molecule has 0 saturated heterocycles. The lowest BCUT2D eigenvalue weighted by Gasteiger charge is -2.16. The van der Waals surface area contributed by atoms with Gasteiger partial charge in [-0.1, -0.05) is 38.1 Å². The summed E-state index contributed by atoms with van der Waals surface area (Å²) in [5, 5.41) is 2.90. The minimum absolute atomic E-state index is 0.128. The van der Waals surface area contributed by atoms with Crippen LogP contribution >= 0.6 is 0 Å². The van der Waals surface area contributed by atoms with E-state index < -0.39 is 0 Å². The first kappa shape index (κ1) is 19.6. The van der Waals surface area contributed by atoms with Crippen molar-refractivity contribution in [1.29, 1.82) is 0 Å². The lowest BCUT2D eigenvalue weighted by atomic mass is 10.0. The van der Waals surface area contributed by atoms with Crippen LogP contribution in [0.3, 0.4) is 0 Å². The fraction of sp³-hybridized carbons (Fsp3) is 0.318. The van der Waals surface area contributed by atoms with Crippen molar-refractivity contribution in [2.45, 2.75) is 32.7 Å². The predicted octanol–water partition coefficient (Wildman–Crippen LogP) is 3.61. The number of fused-ring (bicyclic) bond motifs is 1. The first-order chi connectivity index (χ1) is 13.4. The van der Waals surface area contributed by atoms with Crippen molar-refractivity contribution in [3.8, 4) is 0 Å². The summed E-state index contributed by atoms with van der Waals surface area (Å²) in [6.45, 7) is 4.55. The topological polar surface area (TPSA) is 67.2 Å². The van der Waals surface area contributed by atoms with Gasteiger partial charge in [-0.15, -0.1) is 0 Å². The Hall–Kier alpha value is -3.15. The maximum absolute atomic E-state index is 12.8. The molecular weight excluding hydrogens is 352 g/mol. The molecule has 1 heterocycles. The molecule has 1 aromatic heterocycles. The van der Waals surface area contributed by atoms with E-state index in [4.69, 9.17) is 0 Å². The fourth-order valence-corrected chi connectivity index (χ4v) is 3.08. The number of nitrogens with zero attached hydrogens (tertiary/aromatic N) is 3. The second-order valence-electron chi connectivity index (χ2n) is 7.35. The number of carbonyl (C=O) groups is 1. The number of aromatic nitrogens is 2. The Morgan fingerprint density at radius 2 is 1.79 bits per heavy atom. The van der Waals surface area contributed by atoms with Gasteiger partial charge in [0.15, 0.2) is 5.82 Å². The Bertz CT molecular complexity index is 1040. The third kappa shape index (κ3) is 4.22. The molecule has 0 bridgehead atoms. The monoisotopic (exact) mass is 378 g/mol. The number of carbonyl (C=O) groups excluding carboxylic acids is 1. The lowest BCUT2D eigenvalue weighted by Crippen LogP contribution is -2.30. The van der Waals surface area contributed by atoms with Crippen LogP contribution in [0.5, 0.6) is 0 Å². The summed E-state index contributed by atoms with van der Waals surface area (Å²) in [6.07, 6.45) is 0.201. The van der Waals surface area contributed by atoms with Crippen LogP contribution in [0.4, 0.5) is 11.5 Å². The summed E-state index contributed by atoms with van der Waals surface area (Å²) in [6, 6.07) is 15.3. The van der Waals surface area contributed by atoms with Crippen LogP contribution in [0.2, 0.25) is 0 Å². The lowest BCUT2D eigenvalue weighted by molar-refractivity contribution is -0.116. The molecule has 146 valence electrons. The molecule has 0 spiro atoms. The highest BCUT2D eigenvalue weighted by Gasteiger charge is 2.13. The third-order valence-electron chi connectivity index (χ3n) is 4.68. The van der Waals surface area contributed by atoms with Gasteiger partial charge in [0.25, 0.3) is 5.56 Å². The van der Waals surface area contributed by atoms with Crippen LogP contribution in [0.1, 0.15) is 31.7 Å². The smallest absolute Gasteiger partial charge is 0.293 e. The SMILES string of the molecule is CC(C)c1ccc(NC(=O)CCn2c(=O)c(N(C)C)nc3ccccc32)cc1. The fourth-order valence-electron chi connectivity index (χ4n) is 3.08. The molecule has 28 heavy (non-hydrogen) atoms. The molecule has 6 heteroatoms. The van der Waals surface area contributed by atoms with Crippen LogP contribution in [-0.4, -0.2) is 29.6 Å². The zero-order valence-corrected chi connectivity index (χ0v) is 16.8. The van der Waals surface area contributed by atoms with Crippen molar-refractivity contribution in [2.24, 2.45) is 0 Å². The summed E-state index contributed by atoms with van der Waals surface area (Å²) in [7, 11) is 3.58. The van der Waals surface area contributed by atoms with Crippen molar-refractivity contribution < 1.29 is 4.79 Å². The van der Waals surface area contributed by atoms with Crippen LogP contribution in [0.25, 0.3) is 11.0 Å². The first-order valence-corrected chi connectivity index (χ1v) is 9.43. The summed E-state index contributed by atoms with van der Waals surface area (Å²) in [4.78, 5) is 31.4. The van der Waals surface area contributed by atoms with E-state index in [1.807, 2.05) is 48.5 Å². The molecule has 1 N–H and O–H groups in total. The van der Waals surface area contributed by atoms with E-state index >= 15 is 0 Å². The molecule has 0 unspecified atom stereocenters. The molecule has 0 aliphatic rings. The zero-order chi connectivity index (χ0) is 20.3. The van der Waals surface area contributed by atoms with Crippen LogP contribution in [0, 0.1) is 0 Å². The van der Waals surface area contributed by atoms with Gasteiger partial charge >= 0.3 is 0 Å². The molecule has 0 saturated carbocycles. The van der Waals surface area contributed by atoms with Gasteiger partial charge in [-0.3, -0.25) is 9.59 Å². The summed E-state index contributed by atoms with van der Waals surface area (Å²) >= 11 is 0. The molecule has 0 aliphatic heterocycles. The second-order valence-corrected chi connectivity index (χ2v) is 7.35. The van der Waals surface area contributed by atoms with Gasteiger partial charge in [-0.2, -0.15) is 0 Å². The maximum atomic E-state index is 12.8. The van der Waals surface area contributed by atoms with E-state index in [-0.39, 0.29) is 17.9 Å². The van der Waals surface area contributed by atoms with Gasteiger partial charge in [0.2, 0.25) is 5.91 Å². The minimum atomic E-state index is -0.196. The minimum Gasteiger partial charge on any atom is -0.358 e. The van der Waals surface area contributed by atoms with E-state index in [9.17, 15) is 9.59 Å². The molecule has 0 radical (unpaired) electrons. The number of amides is 1. The first-order valence-electron chi connectivity index (χ1n) is 9.43. The highest BCUT2D eigenvalue weighted by molar-refractivity contribution is 5.90. The highest BCUT2D eigenvalue weighted by atomic mass is 16.2. The average molecular weight is 378 g/mol. The molecule has 0 fully saturated rings. The number of anilines is 2. The molecule has 6 nitrogen and oxygen atoms in total. The van der Waals surface area contributed by atoms with E-state index in [1.54, 1.807) is 23.6 Å². The molecule has 0 atom stereocenters. The summed E-state index contributed by atoms with van der Waals surface area (Å²) in [5.74, 6) is 0.683. The number of aryl methyl sites for hydroxylation is 1. The number of hydrogen-bond donors (Lipinski definition) is 1. The Labute approximate surface area is 164 Å². The van der Waals surface area contributed by atoms with E-state index in [0.717, 1.165) is 16.7 Å². The average Bonchev–Trinajstić information content (AvgIpc) is 2.67. The Morgan fingerprint density at radius 3 is 2.43 bits per heavy atom. The largest absolute Gasteiger partial charge is 0.358 e. The third-order valence-corrected chi connectivity index (χ3v) is 4.68. The maximum Gasteiger partial charge on any atom is 0.293 e. The number of hydrogen-bond acceptors (Lipinski definition) is 4. The van der Waals surface area contributed by atoms with Gasteiger partial charge in [0, 0.05) is 32.7 Å². The summed E-state index contributed by atoms with van der Waals surface area (Å²) < 4.78 is 1.62. The Morgan fingerprint density at radius 1 is 1.11 bits per heavy atom. The van der Waals surface area contributed by atoms with Gasteiger partial charge in [0.05, 0.1) is 11.0 Å². The highest BCUT2D eigenvalue weighted by Crippen LogP contribution is 2.18. The van der Waals surface area contributed by atoms with Crippen molar-refractivity contribution in [2.75, 3.05) is 24.3 Å². The van der Waals surface area contributed by atoms with Crippen LogP contribution in [-0.2, 0) is 11.3 Å². The van der Waals surface area contributed by atoms with Gasteiger partial charge < -0.3 is 14.8 Å². The molecule has 2 aromatic carbocycles. The van der Waals surface area contributed by atoms with Crippen molar-refractivity contribution in [3.05, 3.63) is 64.4 Å². The Balaban J connectivity index is 1.78. The van der Waals surface area contributed by atoms with Crippen LogP contribution < -0.4 is 15.8 Å². The molecule has 0 aliphatic carbocycles. The number of para-hydroxylation sites is 2. The molecule has 1 amide bonds. The van der Waals surface area contributed by atoms with Gasteiger partial charge in [0.1, 0.15) is 0 Å². The number of benzene rings is 2. The number of nitrogens with one attached hydrogen (secondary N) is 1. The molecular formula is C22H26N4O2. The normalized spacial score (nSPS) is 11.0. The van der Waals surface area contributed by atoms with Crippen LogP contribution in [0.15, 0.2) is 53.3 Å². The standard InChI is InChI=1S/C22H26N4O2/c1-15(2)16-9-11-17(12-10-16)23-20(27)13-14-26-19-8-6-5-7-18(19)24-21(22(26)28)25(3)4/h5-12,15H,13-14H2,1-4H3,(H,23,27). The van der Waals surface area contributed by atoms with E-state index in [0.29, 0.717) is 18.3 Å². The predicted molar refractivity (Wildman–Crippen MR) is 114 cm³/mol. The number of rotatable bonds is 6. The van der Waals surface area contributed by atoms with Gasteiger partial charge in [-0.05, 0) is 35.7 Å². The summed E-state index contributed by atoms with van der Waals surface area (Å²) in [5.41, 5.74) is 3.25.